The van der Waals surface area contributed by atoms with E-state index in [1.54, 1.807) is 6.07 Å². The summed E-state index contributed by atoms with van der Waals surface area (Å²) in [5.41, 5.74) is 0.557. The van der Waals surface area contributed by atoms with Crippen LogP contribution in [-0.4, -0.2) is 36.4 Å². The van der Waals surface area contributed by atoms with Crippen LogP contribution in [0.4, 0.5) is 5.69 Å². The molecular formula is C14H19ClN2O4. The SMILES string of the molecule is O=[N+]([O-])c1cc(CNCC2(CO)CCOCC2)ccc1Cl. The standard InChI is InChI=1S/C14H19ClN2O4/c15-12-2-1-11(7-13(12)17(19)20)8-16-9-14(10-18)3-5-21-6-4-14/h1-2,7,16,18H,3-6,8-10H2. The summed E-state index contributed by atoms with van der Waals surface area (Å²) in [6, 6.07) is 4.77. The Kier molecular flexibility index (Phi) is 5.52. The third kappa shape index (κ3) is 4.14. The summed E-state index contributed by atoms with van der Waals surface area (Å²) in [4.78, 5) is 10.4. The molecule has 0 bridgehead atoms. The summed E-state index contributed by atoms with van der Waals surface area (Å²) < 4.78 is 5.32. The van der Waals surface area contributed by atoms with Gasteiger partial charge in [0, 0.05) is 37.8 Å². The van der Waals surface area contributed by atoms with Crippen molar-refractivity contribution in [3.8, 4) is 0 Å². The van der Waals surface area contributed by atoms with Gasteiger partial charge in [0.15, 0.2) is 0 Å². The third-order valence-electron chi connectivity index (χ3n) is 3.93. The Balaban J connectivity index is 1.93. The Bertz CT molecular complexity index is 504. The van der Waals surface area contributed by atoms with Crippen molar-refractivity contribution >= 4 is 17.3 Å². The highest BCUT2D eigenvalue weighted by Gasteiger charge is 2.31. The minimum absolute atomic E-state index is 0.0843. The maximum absolute atomic E-state index is 10.8. The van der Waals surface area contributed by atoms with Crippen molar-refractivity contribution in [3.05, 3.63) is 38.9 Å². The van der Waals surface area contributed by atoms with E-state index in [4.69, 9.17) is 16.3 Å². The van der Waals surface area contributed by atoms with Crippen molar-refractivity contribution in [1.82, 2.24) is 5.32 Å². The zero-order valence-corrected chi connectivity index (χ0v) is 12.4. The number of rotatable bonds is 6. The zero-order valence-electron chi connectivity index (χ0n) is 11.7. The van der Waals surface area contributed by atoms with Crippen LogP contribution in [0.2, 0.25) is 5.02 Å². The summed E-state index contributed by atoms with van der Waals surface area (Å²) in [7, 11) is 0. The monoisotopic (exact) mass is 314 g/mol. The number of benzene rings is 1. The van der Waals surface area contributed by atoms with Crippen LogP contribution in [0.1, 0.15) is 18.4 Å². The first-order valence-corrected chi connectivity index (χ1v) is 7.26. The van der Waals surface area contributed by atoms with E-state index in [2.05, 4.69) is 5.32 Å². The zero-order chi connectivity index (χ0) is 15.3. The fraction of sp³-hybridized carbons (Fsp3) is 0.571. The van der Waals surface area contributed by atoms with Gasteiger partial charge >= 0.3 is 0 Å². The Morgan fingerprint density at radius 3 is 2.76 bits per heavy atom. The summed E-state index contributed by atoms with van der Waals surface area (Å²) in [6.45, 7) is 2.59. The van der Waals surface area contributed by atoms with E-state index in [0.29, 0.717) is 26.3 Å². The maximum Gasteiger partial charge on any atom is 0.288 e. The van der Waals surface area contributed by atoms with E-state index in [1.807, 2.05) is 0 Å². The van der Waals surface area contributed by atoms with Crippen LogP contribution in [0.15, 0.2) is 18.2 Å². The second-order valence-corrected chi connectivity index (χ2v) is 5.82. The molecule has 0 unspecified atom stereocenters. The van der Waals surface area contributed by atoms with Crippen LogP contribution in [0.5, 0.6) is 0 Å². The molecule has 1 fully saturated rings. The molecule has 0 radical (unpaired) electrons. The van der Waals surface area contributed by atoms with E-state index in [9.17, 15) is 15.2 Å². The summed E-state index contributed by atoms with van der Waals surface area (Å²) in [5.74, 6) is 0. The van der Waals surface area contributed by atoms with Crippen molar-refractivity contribution in [1.29, 1.82) is 0 Å². The molecule has 1 aromatic carbocycles. The van der Waals surface area contributed by atoms with Crippen molar-refractivity contribution in [3.63, 3.8) is 0 Å². The molecule has 0 aliphatic carbocycles. The summed E-state index contributed by atoms with van der Waals surface area (Å²) >= 11 is 5.78. The first-order chi connectivity index (χ1) is 10.1. The summed E-state index contributed by atoms with van der Waals surface area (Å²) in [5, 5.41) is 23.8. The first-order valence-electron chi connectivity index (χ1n) is 6.88. The molecule has 21 heavy (non-hydrogen) atoms. The average molecular weight is 315 g/mol. The normalized spacial score (nSPS) is 17.6. The van der Waals surface area contributed by atoms with Gasteiger partial charge < -0.3 is 15.2 Å². The number of aliphatic hydroxyl groups is 1. The number of hydrogen-bond acceptors (Lipinski definition) is 5. The fourth-order valence-electron chi connectivity index (χ4n) is 2.48. The van der Waals surface area contributed by atoms with Crippen molar-refractivity contribution < 1.29 is 14.8 Å². The van der Waals surface area contributed by atoms with E-state index in [0.717, 1.165) is 18.4 Å². The molecule has 6 nitrogen and oxygen atoms in total. The number of aliphatic hydroxyl groups excluding tert-OH is 1. The second kappa shape index (κ2) is 7.17. The molecule has 1 heterocycles. The van der Waals surface area contributed by atoms with Gasteiger partial charge in [-0.2, -0.15) is 0 Å². The largest absolute Gasteiger partial charge is 0.396 e. The molecular weight excluding hydrogens is 296 g/mol. The number of nitrogens with zero attached hydrogens (tertiary/aromatic N) is 1. The lowest BCUT2D eigenvalue weighted by molar-refractivity contribution is -0.384. The molecule has 0 saturated carbocycles. The Hall–Kier alpha value is -1.21. The van der Waals surface area contributed by atoms with Crippen LogP contribution in [0.3, 0.4) is 0 Å². The van der Waals surface area contributed by atoms with Crippen molar-refractivity contribution in [2.75, 3.05) is 26.4 Å². The predicted molar refractivity (Wildman–Crippen MR) is 79.4 cm³/mol. The van der Waals surface area contributed by atoms with Crippen LogP contribution in [-0.2, 0) is 11.3 Å². The van der Waals surface area contributed by atoms with Crippen LogP contribution in [0.25, 0.3) is 0 Å². The highest BCUT2D eigenvalue weighted by atomic mass is 35.5. The first kappa shape index (κ1) is 16.2. The molecule has 0 atom stereocenters. The van der Waals surface area contributed by atoms with Crippen LogP contribution < -0.4 is 5.32 Å². The van der Waals surface area contributed by atoms with Gasteiger partial charge in [-0.1, -0.05) is 17.7 Å². The number of nitro benzene ring substituents is 1. The highest BCUT2D eigenvalue weighted by molar-refractivity contribution is 6.32. The van der Waals surface area contributed by atoms with Gasteiger partial charge in [0.05, 0.1) is 11.5 Å². The van der Waals surface area contributed by atoms with E-state index in [1.165, 1.54) is 12.1 Å². The molecule has 1 saturated heterocycles. The van der Waals surface area contributed by atoms with E-state index in [-0.39, 0.29) is 22.7 Å². The average Bonchev–Trinajstić information content (AvgIpc) is 2.49. The Morgan fingerprint density at radius 1 is 1.43 bits per heavy atom. The predicted octanol–water partition coefficient (Wildman–Crippen LogP) is 2.13. The molecule has 0 amide bonds. The van der Waals surface area contributed by atoms with Crippen LogP contribution in [0, 0.1) is 15.5 Å². The van der Waals surface area contributed by atoms with Gasteiger partial charge in [-0.15, -0.1) is 0 Å². The second-order valence-electron chi connectivity index (χ2n) is 5.42. The molecule has 116 valence electrons. The number of nitro groups is 1. The topological polar surface area (TPSA) is 84.6 Å². The quantitative estimate of drug-likeness (QED) is 0.620. The Morgan fingerprint density at radius 2 is 2.14 bits per heavy atom. The van der Waals surface area contributed by atoms with E-state index < -0.39 is 4.92 Å². The number of ether oxygens (including phenoxy) is 1. The minimum Gasteiger partial charge on any atom is -0.396 e. The molecule has 1 aliphatic heterocycles. The molecule has 2 N–H and O–H groups in total. The van der Waals surface area contributed by atoms with Gasteiger partial charge in [0.1, 0.15) is 5.02 Å². The number of hydrogen-bond donors (Lipinski definition) is 2. The highest BCUT2D eigenvalue weighted by Crippen LogP contribution is 2.29. The molecule has 1 aliphatic rings. The van der Waals surface area contributed by atoms with E-state index >= 15 is 0 Å². The lowest BCUT2D eigenvalue weighted by atomic mass is 9.81. The van der Waals surface area contributed by atoms with Crippen molar-refractivity contribution in [2.45, 2.75) is 19.4 Å². The third-order valence-corrected chi connectivity index (χ3v) is 4.24. The van der Waals surface area contributed by atoms with Crippen LogP contribution >= 0.6 is 11.6 Å². The fourth-order valence-corrected chi connectivity index (χ4v) is 2.66. The van der Waals surface area contributed by atoms with Gasteiger partial charge in [-0.3, -0.25) is 10.1 Å². The Labute approximate surface area is 128 Å². The number of nitrogens with one attached hydrogen (secondary N) is 1. The summed E-state index contributed by atoms with van der Waals surface area (Å²) in [6.07, 6.45) is 1.63. The minimum atomic E-state index is -0.487. The van der Waals surface area contributed by atoms with Gasteiger partial charge in [-0.25, -0.2) is 0 Å². The van der Waals surface area contributed by atoms with Gasteiger partial charge in [0.2, 0.25) is 0 Å². The number of halogens is 1. The lowest BCUT2D eigenvalue weighted by Crippen LogP contribution is -2.41. The molecule has 1 aromatic rings. The molecule has 7 heteroatoms. The lowest BCUT2D eigenvalue weighted by Gasteiger charge is -2.35. The molecule has 0 spiro atoms. The smallest absolute Gasteiger partial charge is 0.288 e. The molecule has 0 aromatic heterocycles. The van der Waals surface area contributed by atoms with Gasteiger partial charge in [0.25, 0.3) is 5.69 Å². The van der Waals surface area contributed by atoms with Crippen molar-refractivity contribution in [2.24, 2.45) is 5.41 Å². The molecule has 2 rings (SSSR count). The maximum atomic E-state index is 10.8. The van der Waals surface area contributed by atoms with Gasteiger partial charge in [-0.05, 0) is 24.5 Å².